The zero-order valence-corrected chi connectivity index (χ0v) is 15.6. The fraction of sp³-hybridized carbons (Fsp3) is 0.312. The van der Waals surface area contributed by atoms with Gasteiger partial charge in [0.15, 0.2) is 15.5 Å². The van der Waals surface area contributed by atoms with Gasteiger partial charge in [-0.3, -0.25) is 5.10 Å². The summed E-state index contributed by atoms with van der Waals surface area (Å²) in [6, 6.07) is 8.30. The van der Waals surface area contributed by atoms with Gasteiger partial charge >= 0.3 is 0 Å². The average molecular weight is 396 g/mol. The van der Waals surface area contributed by atoms with E-state index in [0.29, 0.717) is 28.9 Å². The lowest BCUT2D eigenvalue weighted by molar-refractivity contribution is 0.431. The van der Waals surface area contributed by atoms with E-state index in [1.165, 1.54) is 18.4 Å². The number of nitrogens with zero attached hydrogens (tertiary/aromatic N) is 3. The third-order valence-electron chi connectivity index (χ3n) is 4.28. The van der Waals surface area contributed by atoms with E-state index in [4.69, 9.17) is 4.52 Å². The molecule has 0 radical (unpaired) electrons. The number of rotatable bonds is 4. The highest BCUT2D eigenvalue weighted by Gasteiger charge is 2.21. The summed E-state index contributed by atoms with van der Waals surface area (Å²) in [5, 5.41) is 14.6. The van der Waals surface area contributed by atoms with Gasteiger partial charge in [0.2, 0.25) is 5.82 Å². The summed E-state index contributed by atoms with van der Waals surface area (Å²) in [6.45, 7) is 1.94. The molecule has 1 unspecified atom stereocenters. The van der Waals surface area contributed by atoms with Gasteiger partial charge in [0.05, 0.1) is 4.90 Å². The number of aromatic nitrogens is 4. The van der Waals surface area contributed by atoms with E-state index in [9.17, 15) is 8.42 Å². The van der Waals surface area contributed by atoms with Crippen LogP contribution in [0.1, 0.15) is 18.0 Å². The molecule has 3 aromatic rings. The number of benzene rings is 1. The van der Waals surface area contributed by atoms with Crippen molar-refractivity contribution in [2.75, 3.05) is 19.3 Å². The number of aromatic amines is 1. The second kappa shape index (κ2) is 7.18. The first kappa shape index (κ1) is 18.6. The zero-order chi connectivity index (χ0) is 17.4. The Kier molecular flexibility index (Phi) is 5.12. The van der Waals surface area contributed by atoms with Crippen LogP contribution in [0.2, 0.25) is 0 Å². The normalized spacial score (nSPS) is 17.2. The van der Waals surface area contributed by atoms with Gasteiger partial charge in [-0.1, -0.05) is 5.16 Å². The number of H-pyrrole nitrogens is 1. The van der Waals surface area contributed by atoms with Crippen molar-refractivity contribution in [2.24, 2.45) is 0 Å². The summed E-state index contributed by atoms with van der Waals surface area (Å²) in [4.78, 5) is 4.61. The Bertz CT molecular complexity index is 991. The van der Waals surface area contributed by atoms with Gasteiger partial charge < -0.3 is 9.84 Å². The smallest absolute Gasteiger partial charge is 0.278 e. The van der Waals surface area contributed by atoms with Crippen LogP contribution < -0.4 is 5.32 Å². The molecule has 1 fully saturated rings. The van der Waals surface area contributed by atoms with Crippen molar-refractivity contribution in [3.8, 4) is 23.0 Å². The van der Waals surface area contributed by atoms with Crippen molar-refractivity contribution in [3.63, 3.8) is 0 Å². The largest absolute Gasteiger partial charge is 0.332 e. The van der Waals surface area contributed by atoms with E-state index in [2.05, 4.69) is 25.7 Å². The van der Waals surface area contributed by atoms with Crippen LogP contribution in [0.4, 0.5) is 0 Å². The molecular formula is C16H18ClN5O3S. The fourth-order valence-electron chi connectivity index (χ4n) is 2.87. The maximum absolute atomic E-state index is 11.5. The summed E-state index contributed by atoms with van der Waals surface area (Å²) < 4.78 is 28.3. The van der Waals surface area contributed by atoms with Crippen molar-refractivity contribution in [1.29, 1.82) is 0 Å². The number of halogens is 1. The molecule has 0 spiro atoms. The molecule has 0 aliphatic carbocycles. The molecule has 1 atom stereocenters. The third-order valence-corrected chi connectivity index (χ3v) is 5.41. The summed E-state index contributed by atoms with van der Waals surface area (Å²) in [5.74, 6) is 1.14. The van der Waals surface area contributed by atoms with Crippen molar-refractivity contribution >= 4 is 22.2 Å². The highest BCUT2D eigenvalue weighted by molar-refractivity contribution is 7.90. The van der Waals surface area contributed by atoms with Crippen LogP contribution in [-0.2, 0) is 9.84 Å². The van der Waals surface area contributed by atoms with Crippen molar-refractivity contribution in [2.45, 2.75) is 17.2 Å². The topological polar surface area (TPSA) is 114 Å². The van der Waals surface area contributed by atoms with E-state index < -0.39 is 9.84 Å². The molecule has 138 valence electrons. The molecule has 0 saturated carbocycles. The standard InChI is InChI=1S/C16H17N5O3S.ClH/c1-25(22,23)12-4-2-10(3-5-12)15-18-16(24-21-15)14-8-13(19-20-14)11-6-7-17-9-11;/h2-5,8,11,17H,6-7,9H2,1H3,(H,19,20);1H. The minimum absolute atomic E-state index is 0. The van der Waals surface area contributed by atoms with Crippen molar-refractivity contribution in [3.05, 3.63) is 36.0 Å². The Morgan fingerprint density at radius 3 is 2.65 bits per heavy atom. The molecule has 2 aromatic heterocycles. The van der Waals surface area contributed by atoms with Gasteiger partial charge in [-0.2, -0.15) is 10.1 Å². The Morgan fingerprint density at radius 2 is 2.00 bits per heavy atom. The summed E-state index contributed by atoms with van der Waals surface area (Å²) >= 11 is 0. The molecule has 0 bridgehead atoms. The number of hydrogen-bond donors (Lipinski definition) is 2. The lowest BCUT2D eigenvalue weighted by atomic mass is 10.1. The predicted molar refractivity (Wildman–Crippen MR) is 97.9 cm³/mol. The lowest BCUT2D eigenvalue weighted by Gasteiger charge is -2.02. The molecule has 1 aliphatic rings. The third kappa shape index (κ3) is 3.64. The fourth-order valence-corrected chi connectivity index (χ4v) is 3.50. The first-order valence-electron chi connectivity index (χ1n) is 7.91. The maximum atomic E-state index is 11.5. The van der Waals surface area contributed by atoms with Crippen molar-refractivity contribution in [1.82, 2.24) is 25.7 Å². The molecule has 1 aromatic carbocycles. The molecule has 26 heavy (non-hydrogen) atoms. The molecule has 0 amide bonds. The number of sulfone groups is 1. The summed E-state index contributed by atoms with van der Waals surface area (Å²) in [6.07, 6.45) is 2.24. The van der Waals surface area contributed by atoms with Gasteiger partial charge in [0, 0.05) is 30.0 Å². The monoisotopic (exact) mass is 395 g/mol. The van der Waals surface area contributed by atoms with Crippen LogP contribution in [-0.4, -0.2) is 48.1 Å². The van der Waals surface area contributed by atoms with Crippen molar-refractivity contribution < 1.29 is 12.9 Å². The van der Waals surface area contributed by atoms with E-state index in [1.807, 2.05) is 6.07 Å². The van der Waals surface area contributed by atoms with Crippen LogP contribution >= 0.6 is 12.4 Å². The van der Waals surface area contributed by atoms with Gasteiger partial charge in [-0.25, -0.2) is 8.42 Å². The maximum Gasteiger partial charge on any atom is 0.278 e. The minimum Gasteiger partial charge on any atom is -0.332 e. The van der Waals surface area contributed by atoms with Crippen LogP contribution in [0, 0.1) is 0 Å². The molecule has 1 saturated heterocycles. The van der Waals surface area contributed by atoms with Crippen LogP contribution in [0.25, 0.3) is 23.0 Å². The van der Waals surface area contributed by atoms with Gasteiger partial charge in [0.25, 0.3) is 5.89 Å². The highest BCUT2D eigenvalue weighted by Crippen LogP contribution is 2.26. The first-order valence-corrected chi connectivity index (χ1v) is 9.80. The second-order valence-corrected chi connectivity index (χ2v) is 8.13. The second-order valence-electron chi connectivity index (χ2n) is 6.12. The number of nitrogens with one attached hydrogen (secondary N) is 2. The Balaban J connectivity index is 0.00000196. The van der Waals surface area contributed by atoms with E-state index >= 15 is 0 Å². The van der Waals surface area contributed by atoms with Gasteiger partial charge in [0.1, 0.15) is 0 Å². The molecule has 1 aliphatic heterocycles. The Labute approximate surface area is 156 Å². The summed E-state index contributed by atoms with van der Waals surface area (Å²) in [5.41, 5.74) is 2.34. The highest BCUT2D eigenvalue weighted by atomic mass is 35.5. The van der Waals surface area contributed by atoms with E-state index in [1.54, 1.807) is 12.1 Å². The minimum atomic E-state index is -3.23. The van der Waals surface area contributed by atoms with E-state index in [0.717, 1.165) is 25.2 Å². The molecule has 2 N–H and O–H groups in total. The van der Waals surface area contributed by atoms with Crippen LogP contribution in [0.3, 0.4) is 0 Å². The molecule has 8 nitrogen and oxygen atoms in total. The zero-order valence-electron chi connectivity index (χ0n) is 14.0. The number of hydrogen-bond acceptors (Lipinski definition) is 7. The molecular weight excluding hydrogens is 378 g/mol. The van der Waals surface area contributed by atoms with Crippen LogP contribution in [0.5, 0.6) is 0 Å². The first-order chi connectivity index (χ1) is 12.0. The molecule has 4 rings (SSSR count). The van der Waals surface area contributed by atoms with Gasteiger partial charge in [-0.05, 0) is 43.3 Å². The lowest BCUT2D eigenvalue weighted by Crippen LogP contribution is -2.08. The average Bonchev–Trinajstić information content (AvgIpc) is 3.33. The predicted octanol–water partition coefficient (Wildman–Crippen LogP) is 2.03. The molecule has 10 heteroatoms. The molecule has 3 heterocycles. The SMILES string of the molecule is CS(=O)(=O)c1ccc(-c2noc(-c3cc(C4CCNC4)[nH]n3)n2)cc1.Cl. The Morgan fingerprint density at radius 1 is 1.23 bits per heavy atom. The van der Waals surface area contributed by atoms with Crippen LogP contribution in [0.15, 0.2) is 39.8 Å². The Hall–Kier alpha value is -2.23. The quantitative estimate of drug-likeness (QED) is 0.694. The van der Waals surface area contributed by atoms with Gasteiger partial charge in [-0.15, -0.1) is 12.4 Å². The summed E-state index contributed by atoms with van der Waals surface area (Å²) in [7, 11) is -3.23. The van der Waals surface area contributed by atoms with E-state index in [-0.39, 0.29) is 17.3 Å².